The highest BCUT2D eigenvalue weighted by Crippen LogP contribution is 2.33. The number of halogens is 2. The number of sulfone groups is 1. The fourth-order valence-electron chi connectivity index (χ4n) is 2.00. The molecule has 2 aromatic carbocycles. The number of alkyl halides is 2. The Morgan fingerprint density at radius 2 is 1.73 bits per heavy atom. The molecule has 0 saturated carbocycles. The second kappa shape index (κ2) is 8.11. The molecule has 1 heterocycles. The van der Waals surface area contributed by atoms with Gasteiger partial charge in [0.25, 0.3) is 0 Å². The van der Waals surface area contributed by atoms with E-state index in [1.165, 1.54) is 47.4 Å². The Hall–Kier alpha value is -2.04. The molecule has 0 atom stereocenters. The highest BCUT2D eigenvalue weighted by molar-refractivity contribution is 8.01. The molecule has 26 heavy (non-hydrogen) atoms. The molecule has 0 saturated heterocycles. The van der Waals surface area contributed by atoms with Crippen molar-refractivity contribution in [2.24, 2.45) is 0 Å². The van der Waals surface area contributed by atoms with E-state index in [4.69, 9.17) is 0 Å². The van der Waals surface area contributed by atoms with E-state index >= 15 is 0 Å². The van der Waals surface area contributed by atoms with E-state index in [9.17, 15) is 17.2 Å². The first-order chi connectivity index (χ1) is 12.4. The van der Waals surface area contributed by atoms with Gasteiger partial charge in [0, 0.05) is 11.4 Å². The monoisotopic (exact) mass is 413 g/mol. The summed E-state index contributed by atoms with van der Waals surface area (Å²) >= 11 is 2.63. The fraction of sp³-hybridized carbons (Fsp3) is 0.125. The summed E-state index contributed by atoms with van der Waals surface area (Å²) in [6.45, 7) is 0.625. The zero-order valence-electron chi connectivity index (χ0n) is 13.2. The van der Waals surface area contributed by atoms with Crippen molar-refractivity contribution in [1.82, 2.24) is 10.2 Å². The van der Waals surface area contributed by atoms with Gasteiger partial charge in [-0.25, -0.2) is 8.42 Å². The first-order valence-electron chi connectivity index (χ1n) is 7.36. The highest BCUT2D eigenvalue weighted by atomic mass is 32.2. The zero-order valence-corrected chi connectivity index (χ0v) is 15.6. The van der Waals surface area contributed by atoms with Gasteiger partial charge in [-0.05, 0) is 29.8 Å². The van der Waals surface area contributed by atoms with Crippen molar-refractivity contribution >= 4 is 38.1 Å². The van der Waals surface area contributed by atoms with Crippen LogP contribution in [-0.2, 0) is 16.4 Å². The zero-order chi connectivity index (χ0) is 18.6. The van der Waals surface area contributed by atoms with Gasteiger partial charge >= 0.3 is 5.76 Å². The molecule has 0 amide bonds. The molecule has 0 aliphatic heterocycles. The number of hydrogen-bond acceptors (Lipinski definition) is 7. The summed E-state index contributed by atoms with van der Waals surface area (Å²) in [6.07, 6.45) is 0. The van der Waals surface area contributed by atoms with Gasteiger partial charge in [0.15, 0.2) is 4.34 Å². The van der Waals surface area contributed by atoms with Crippen LogP contribution in [0, 0.1) is 0 Å². The lowest BCUT2D eigenvalue weighted by Gasteiger charge is -2.03. The summed E-state index contributed by atoms with van der Waals surface area (Å²) in [5.74, 6) is -3.43. The first-order valence-corrected chi connectivity index (χ1v) is 10.5. The molecule has 3 aromatic rings. The van der Waals surface area contributed by atoms with Gasteiger partial charge in [0.2, 0.25) is 15.0 Å². The van der Waals surface area contributed by atoms with Crippen LogP contribution in [0.4, 0.5) is 13.9 Å². The van der Waals surface area contributed by atoms with Crippen LogP contribution >= 0.6 is 23.1 Å². The van der Waals surface area contributed by atoms with E-state index in [-0.39, 0.29) is 0 Å². The standard InChI is InChI=1S/C16H13F2N3O2S3/c17-14(18)26(22,23)13-8-6-12(7-9-13)24-16-21-20-15(25-16)19-10-11-4-2-1-3-5-11/h1-9,14H,10H2,(H,19,20). The first kappa shape index (κ1) is 18.7. The lowest BCUT2D eigenvalue weighted by molar-refractivity contribution is 0.234. The largest absolute Gasteiger partial charge is 0.356 e. The van der Waals surface area contributed by atoms with Gasteiger partial charge in [0.1, 0.15) is 0 Å². The van der Waals surface area contributed by atoms with E-state index in [0.29, 0.717) is 20.9 Å². The van der Waals surface area contributed by atoms with Gasteiger partial charge in [-0.15, -0.1) is 10.2 Å². The average Bonchev–Trinajstić information content (AvgIpc) is 3.08. The van der Waals surface area contributed by atoms with Crippen molar-refractivity contribution < 1.29 is 17.2 Å². The maximum absolute atomic E-state index is 12.5. The maximum atomic E-state index is 12.5. The second-order valence-electron chi connectivity index (χ2n) is 5.09. The summed E-state index contributed by atoms with van der Waals surface area (Å²) in [7, 11) is -4.57. The predicted octanol–water partition coefficient (Wildman–Crippen LogP) is 4.30. The minimum Gasteiger partial charge on any atom is -0.356 e. The van der Waals surface area contributed by atoms with Gasteiger partial charge in [-0.1, -0.05) is 53.4 Å². The molecule has 0 aliphatic rings. The van der Waals surface area contributed by atoms with E-state index in [1.807, 2.05) is 30.3 Å². The van der Waals surface area contributed by atoms with E-state index in [0.717, 1.165) is 5.56 Å². The number of hydrogen-bond donors (Lipinski definition) is 1. The van der Waals surface area contributed by atoms with Crippen molar-refractivity contribution in [3.8, 4) is 0 Å². The fourth-order valence-corrected chi connectivity index (χ4v) is 4.44. The number of rotatable bonds is 7. The second-order valence-corrected chi connectivity index (χ2v) is 9.31. The molecule has 0 spiro atoms. The molecule has 3 rings (SSSR count). The predicted molar refractivity (Wildman–Crippen MR) is 97.4 cm³/mol. The van der Waals surface area contributed by atoms with E-state index < -0.39 is 20.5 Å². The smallest absolute Gasteiger partial charge is 0.341 e. The normalized spacial score (nSPS) is 11.7. The molecule has 136 valence electrons. The molecule has 10 heteroatoms. The van der Waals surface area contributed by atoms with Crippen LogP contribution in [-0.4, -0.2) is 24.4 Å². The summed E-state index contributed by atoms with van der Waals surface area (Å²) in [4.78, 5) is 0.281. The van der Waals surface area contributed by atoms with Crippen LogP contribution in [0.2, 0.25) is 0 Å². The third-order valence-corrected chi connectivity index (χ3v) is 6.62. The van der Waals surface area contributed by atoms with Crippen molar-refractivity contribution in [3.05, 3.63) is 60.2 Å². The quantitative estimate of drug-likeness (QED) is 0.623. The molecule has 0 unspecified atom stereocenters. The molecular formula is C16H13F2N3O2S3. The summed E-state index contributed by atoms with van der Waals surface area (Å²) < 4.78 is 48.5. The van der Waals surface area contributed by atoms with Crippen LogP contribution < -0.4 is 5.32 Å². The number of nitrogens with zero attached hydrogens (tertiary/aromatic N) is 2. The van der Waals surface area contributed by atoms with Gasteiger partial charge < -0.3 is 5.32 Å². The van der Waals surface area contributed by atoms with Crippen LogP contribution in [0.15, 0.2) is 68.7 Å². The molecule has 1 aromatic heterocycles. The number of benzene rings is 2. The van der Waals surface area contributed by atoms with Crippen LogP contribution in [0.5, 0.6) is 0 Å². The Morgan fingerprint density at radius 1 is 1.04 bits per heavy atom. The summed E-state index contributed by atoms with van der Waals surface area (Å²) in [6, 6.07) is 15.1. The molecule has 1 N–H and O–H groups in total. The Morgan fingerprint density at radius 3 is 2.38 bits per heavy atom. The number of anilines is 1. The van der Waals surface area contributed by atoms with Gasteiger partial charge in [0.05, 0.1) is 4.90 Å². The van der Waals surface area contributed by atoms with Crippen molar-refractivity contribution in [2.45, 2.75) is 26.4 Å². The lowest BCUT2D eigenvalue weighted by atomic mass is 10.2. The van der Waals surface area contributed by atoms with E-state index in [2.05, 4.69) is 15.5 Å². The molecule has 0 radical (unpaired) electrons. The Balaban J connectivity index is 1.62. The SMILES string of the molecule is O=S(=O)(c1ccc(Sc2nnc(NCc3ccccc3)s2)cc1)C(F)F. The Labute approximate surface area is 157 Å². The lowest BCUT2D eigenvalue weighted by Crippen LogP contribution is -2.10. The Kier molecular flexibility index (Phi) is 5.84. The van der Waals surface area contributed by atoms with Gasteiger partial charge in [-0.3, -0.25) is 0 Å². The molecule has 0 bridgehead atoms. The van der Waals surface area contributed by atoms with Crippen molar-refractivity contribution in [1.29, 1.82) is 0 Å². The summed E-state index contributed by atoms with van der Waals surface area (Å²) in [5, 5.41) is 11.9. The molecule has 5 nitrogen and oxygen atoms in total. The maximum Gasteiger partial charge on any atom is 0.341 e. The van der Waals surface area contributed by atoms with Crippen LogP contribution in [0.3, 0.4) is 0 Å². The van der Waals surface area contributed by atoms with Gasteiger partial charge in [-0.2, -0.15) is 8.78 Å². The number of aromatic nitrogens is 2. The summed E-state index contributed by atoms with van der Waals surface area (Å²) in [5.41, 5.74) is 1.12. The van der Waals surface area contributed by atoms with Crippen molar-refractivity contribution in [2.75, 3.05) is 5.32 Å². The molecule has 0 aliphatic carbocycles. The Bertz CT molecular complexity index is 962. The van der Waals surface area contributed by atoms with E-state index in [1.54, 1.807) is 0 Å². The third kappa shape index (κ3) is 4.57. The third-order valence-electron chi connectivity index (χ3n) is 3.29. The van der Waals surface area contributed by atoms with Crippen molar-refractivity contribution in [3.63, 3.8) is 0 Å². The van der Waals surface area contributed by atoms with Crippen LogP contribution in [0.25, 0.3) is 0 Å². The highest BCUT2D eigenvalue weighted by Gasteiger charge is 2.26. The minimum absolute atomic E-state index is 0.403. The average molecular weight is 413 g/mol. The van der Waals surface area contributed by atoms with Crippen LogP contribution in [0.1, 0.15) is 5.56 Å². The molecule has 0 fully saturated rings. The number of nitrogens with one attached hydrogen (secondary N) is 1. The molecular weight excluding hydrogens is 400 g/mol. The minimum atomic E-state index is -4.57. The topological polar surface area (TPSA) is 72.0 Å².